The van der Waals surface area contributed by atoms with E-state index in [4.69, 9.17) is 5.73 Å². The molecule has 0 amide bonds. The number of rotatable bonds is 5. The zero-order valence-corrected chi connectivity index (χ0v) is 12.8. The molecule has 2 nitrogen and oxygen atoms in total. The Bertz CT molecular complexity index is 361. The first-order valence-corrected chi connectivity index (χ1v) is 7.05. The fraction of sp³-hybridized carbons (Fsp3) is 0.571. The van der Waals surface area contributed by atoms with Gasteiger partial charge in [0.2, 0.25) is 0 Å². The summed E-state index contributed by atoms with van der Waals surface area (Å²) in [6, 6.07) is 6.49. The maximum absolute atomic E-state index is 5.89. The first kappa shape index (κ1) is 14.5. The second-order valence-corrected chi connectivity index (χ2v) is 5.79. The van der Waals surface area contributed by atoms with Gasteiger partial charge in [0.15, 0.2) is 0 Å². The van der Waals surface area contributed by atoms with E-state index < -0.39 is 0 Å². The minimum Gasteiger partial charge on any atom is -0.371 e. The summed E-state index contributed by atoms with van der Waals surface area (Å²) in [6.45, 7) is 10.8. The zero-order chi connectivity index (χ0) is 13.0. The summed E-state index contributed by atoms with van der Waals surface area (Å²) in [6.07, 6.45) is 0. The van der Waals surface area contributed by atoms with Gasteiger partial charge in [0.05, 0.1) is 5.69 Å². The lowest BCUT2D eigenvalue weighted by molar-refractivity contribution is 0.618. The Balaban J connectivity index is 2.96. The molecular formula is C14H23BrN2. The fourth-order valence-electron chi connectivity index (χ4n) is 1.90. The highest BCUT2D eigenvalue weighted by molar-refractivity contribution is 9.10. The second kappa shape index (κ2) is 6.41. The zero-order valence-electron chi connectivity index (χ0n) is 11.2. The van der Waals surface area contributed by atoms with Crippen LogP contribution in [0.25, 0.3) is 0 Å². The summed E-state index contributed by atoms with van der Waals surface area (Å²) in [7, 11) is 0. The smallest absolute Gasteiger partial charge is 0.0510 e. The Hall–Kier alpha value is -0.540. The van der Waals surface area contributed by atoms with E-state index in [9.17, 15) is 0 Å². The van der Waals surface area contributed by atoms with Gasteiger partial charge in [-0.1, -0.05) is 19.9 Å². The first-order chi connectivity index (χ1) is 7.95. The molecule has 1 rings (SSSR count). The van der Waals surface area contributed by atoms with Crippen LogP contribution in [0.2, 0.25) is 0 Å². The van der Waals surface area contributed by atoms with Crippen LogP contribution in [0.4, 0.5) is 5.69 Å². The topological polar surface area (TPSA) is 29.3 Å². The van der Waals surface area contributed by atoms with Gasteiger partial charge in [0, 0.05) is 23.6 Å². The van der Waals surface area contributed by atoms with Gasteiger partial charge in [-0.3, -0.25) is 0 Å². The first-order valence-electron chi connectivity index (χ1n) is 6.25. The largest absolute Gasteiger partial charge is 0.371 e. The van der Waals surface area contributed by atoms with E-state index in [1.807, 2.05) is 6.92 Å². The lowest BCUT2D eigenvalue weighted by Crippen LogP contribution is -2.27. The van der Waals surface area contributed by atoms with Gasteiger partial charge >= 0.3 is 0 Å². The SMILES string of the molecule is CCN(CC(C)C)c1ccc([C@@H](C)N)cc1Br. The molecule has 3 heteroatoms. The van der Waals surface area contributed by atoms with Crippen molar-refractivity contribution in [3.63, 3.8) is 0 Å². The molecule has 0 unspecified atom stereocenters. The summed E-state index contributed by atoms with van der Waals surface area (Å²) >= 11 is 3.65. The van der Waals surface area contributed by atoms with Crippen molar-refractivity contribution in [2.24, 2.45) is 11.7 Å². The molecule has 0 saturated heterocycles. The lowest BCUT2D eigenvalue weighted by atomic mass is 10.1. The molecular weight excluding hydrogens is 276 g/mol. The van der Waals surface area contributed by atoms with Gasteiger partial charge < -0.3 is 10.6 Å². The summed E-state index contributed by atoms with van der Waals surface area (Å²) in [5, 5.41) is 0. The molecule has 0 bridgehead atoms. The third kappa shape index (κ3) is 4.00. The van der Waals surface area contributed by atoms with Crippen molar-refractivity contribution in [3.05, 3.63) is 28.2 Å². The van der Waals surface area contributed by atoms with Crippen LogP contribution >= 0.6 is 15.9 Å². The average Bonchev–Trinajstić information content (AvgIpc) is 2.25. The quantitative estimate of drug-likeness (QED) is 0.892. The standard InChI is InChI=1S/C14H23BrN2/c1-5-17(9-10(2)3)14-7-6-12(11(4)16)8-13(14)15/h6-8,10-11H,5,9,16H2,1-4H3/t11-/m1/s1. The van der Waals surface area contributed by atoms with Crippen LogP contribution in [0, 0.1) is 5.92 Å². The molecule has 1 atom stereocenters. The van der Waals surface area contributed by atoms with Crippen LogP contribution in [0.5, 0.6) is 0 Å². The number of hydrogen-bond donors (Lipinski definition) is 1. The number of nitrogens with two attached hydrogens (primary N) is 1. The molecule has 0 aliphatic carbocycles. The van der Waals surface area contributed by atoms with Crippen LogP contribution < -0.4 is 10.6 Å². The summed E-state index contributed by atoms with van der Waals surface area (Å²) in [4.78, 5) is 2.39. The van der Waals surface area contributed by atoms with E-state index in [1.54, 1.807) is 0 Å². The predicted molar refractivity (Wildman–Crippen MR) is 79.5 cm³/mol. The van der Waals surface area contributed by atoms with E-state index >= 15 is 0 Å². The minimum absolute atomic E-state index is 0.0838. The Morgan fingerprint density at radius 2 is 1.94 bits per heavy atom. The molecule has 2 N–H and O–H groups in total. The molecule has 0 spiro atoms. The van der Waals surface area contributed by atoms with Crippen molar-refractivity contribution in [2.45, 2.75) is 33.7 Å². The molecule has 96 valence electrons. The van der Waals surface area contributed by atoms with Crippen molar-refractivity contribution in [2.75, 3.05) is 18.0 Å². The highest BCUT2D eigenvalue weighted by Crippen LogP contribution is 2.29. The van der Waals surface area contributed by atoms with E-state index in [2.05, 4.69) is 59.8 Å². The van der Waals surface area contributed by atoms with Crippen LogP contribution in [-0.4, -0.2) is 13.1 Å². The maximum Gasteiger partial charge on any atom is 0.0510 e. The van der Waals surface area contributed by atoms with E-state index in [0.29, 0.717) is 5.92 Å². The number of anilines is 1. The molecule has 0 heterocycles. The number of nitrogens with zero attached hydrogens (tertiary/aromatic N) is 1. The van der Waals surface area contributed by atoms with E-state index in [-0.39, 0.29) is 6.04 Å². The Kier molecular flexibility index (Phi) is 5.47. The Morgan fingerprint density at radius 1 is 1.29 bits per heavy atom. The molecule has 0 radical (unpaired) electrons. The molecule has 0 aromatic heterocycles. The highest BCUT2D eigenvalue weighted by Gasteiger charge is 2.11. The van der Waals surface area contributed by atoms with Crippen LogP contribution in [0.15, 0.2) is 22.7 Å². The van der Waals surface area contributed by atoms with Crippen molar-refractivity contribution in [1.29, 1.82) is 0 Å². The molecule has 0 aliphatic rings. The van der Waals surface area contributed by atoms with Gasteiger partial charge in [-0.25, -0.2) is 0 Å². The molecule has 1 aromatic rings. The second-order valence-electron chi connectivity index (χ2n) is 4.93. The molecule has 17 heavy (non-hydrogen) atoms. The van der Waals surface area contributed by atoms with E-state index in [0.717, 1.165) is 17.6 Å². The van der Waals surface area contributed by atoms with Crippen LogP contribution in [0.1, 0.15) is 39.3 Å². The predicted octanol–water partition coefficient (Wildman–Crippen LogP) is 3.95. The monoisotopic (exact) mass is 298 g/mol. The van der Waals surface area contributed by atoms with Crippen molar-refractivity contribution >= 4 is 21.6 Å². The third-order valence-corrected chi connectivity index (χ3v) is 3.44. The van der Waals surface area contributed by atoms with Gasteiger partial charge in [-0.05, 0) is 53.4 Å². The summed E-state index contributed by atoms with van der Waals surface area (Å²) in [5.41, 5.74) is 8.31. The summed E-state index contributed by atoms with van der Waals surface area (Å²) in [5.74, 6) is 0.662. The van der Waals surface area contributed by atoms with Crippen molar-refractivity contribution in [3.8, 4) is 0 Å². The van der Waals surface area contributed by atoms with Crippen LogP contribution in [-0.2, 0) is 0 Å². The molecule has 0 saturated carbocycles. The maximum atomic E-state index is 5.89. The summed E-state index contributed by atoms with van der Waals surface area (Å²) < 4.78 is 1.13. The van der Waals surface area contributed by atoms with Crippen LogP contribution in [0.3, 0.4) is 0 Å². The number of halogens is 1. The highest BCUT2D eigenvalue weighted by atomic mass is 79.9. The van der Waals surface area contributed by atoms with Gasteiger partial charge in [-0.2, -0.15) is 0 Å². The Labute approximate surface area is 113 Å². The minimum atomic E-state index is 0.0838. The fourth-order valence-corrected chi connectivity index (χ4v) is 2.55. The van der Waals surface area contributed by atoms with Gasteiger partial charge in [0.25, 0.3) is 0 Å². The molecule has 1 aromatic carbocycles. The number of benzene rings is 1. The molecule has 0 fully saturated rings. The van der Waals surface area contributed by atoms with Gasteiger partial charge in [-0.15, -0.1) is 0 Å². The number of hydrogen-bond acceptors (Lipinski definition) is 2. The normalized spacial score (nSPS) is 12.9. The third-order valence-electron chi connectivity index (χ3n) is 2.81. The Morgan fingerprint density at radius 3 is 2.35 bits per heavy atom. The van der Waals surface area contributed by atoms with Crippen molar-refractivity contribution in [1.82, 2.24) is 0 Å². The van der Waals surface area contributed by atoms with Gasteiger partial charge in [0.1, 0.15) is 0 Å². The lowest BCUT2D eigenvalue weighted by Gasteiger charge is -2.26. The molecule has 0 aliphatic heterocycles. The average molecular weight is 299 g/mol. The van der Waals surface area contributed by atoms with E-state index in [1.165, 1.54) is 11.3 Å². The van der Waals surface area contributed by atoms with Crippen molar-refractivity contribution < 1.29 is 0 Å².